The van der Waals surface area contributed by atoms with Gasteiger partial charge in [0.05, 0.1) is 6.10 Å². The Bertz CT molecular complexity index is 347. The van der Waals surface area contributed by atoms with Gasteiger partial charge in [-0.25, -0.2) is 0 Å². The molecule has 1 fully saturated rings. The van der Waals surface area contributed by atoms with Crippen LogP contribution < -0.4 is 5.32 Å². The first kappa shape index (κ1) is 12.6. The van der Waals surface area contributed by atoms with Crippen molar-refractivity contribution in [3.8, 4) is 0 Å². The zero-order chi connectivity index (χ0) is 12.1. The molecular formula is C15H23NO. The summed E-state index contributed by atoms with van der Waals surface area (Å²) >= 11 is 0. The molecule has 0 aromatic heterocycles. The van der Waals surface area contributed by atoms with E-state index in [1.165, 1.54) is 24.0 Å². The minimum Gasteiger partial charge on any atom is -0.392 e. The fourth-order valence-corrected chi connectivity index (χ4v) is 2.19. The number of benzene rings is 1. The molecule has 0 spiro atoms. The van der Waals surface area contributed by atoms with Crippen molar-refractivity contribution >= 4 is 0 Å². The van der Waals surface area contributed by atoms with Crippen molar-refractivity contribution in [1.82, 2.24) is 5.32 Å². The molecule has 1 unspecified atom stereocenters. The van der Waals surface area contributed by atoms with E-state index < -0.39 is 0 Å². The summed E-state index contributed by atoms with van der Waals surface area (Å²) in [4.78, 5) is 0. The molecule has 0 bridgehead atoms. The van der Waals surface area contributed by atoms with Crippen LogP contribution in [0.2, 0.25) is 0 Å². The summed E-state index contributed by atoms with van der Waals surface area (Å²) in [6, 6.07) is 8.84. The molecule has 2 rings (SSSR count). The first-order valence-electron chi connectivity index (χ1n) is 6.77. The summed E-state index contributed by atoms with van der Waals surface area (Å²) in [7, 11) is 0. The molecule has 1 saturated carbocycles. The number of aliphatic hydroxyl groups excluding tert-OH is 1. The van der Waals surface area contributed by atoms with Gasteiger partial charge in [-0.15, -0.1) is 0 Å². The highest BCUT2D eigenvalue weighted by Gasteiger charge is 2.23. The van der Waals surface area contributed by atoms with Gasteiger partial charge in [0.1, 0.15) is 0 Å². The monoisotopic (exact) mass is 233 g/mol. The minimum atomic E-state index is -0.202. The van der Waals surface area contributed by atoms with Crippen LogP contribution in [-0.4, -0.2) is 17.8 Å². The SMILES string of the molecule is CCCC(O)CNCc1cccc(C2CC2)c1. The van der Waals surface area contributed by atoms with Crippen LogP contribution in [0, 0.1) is 0 Å². The molecule has 94 valence electrons. The maximum Gasteiger partial charge on any atom is 0.0664 e. The smallest absolute Gasteiger partial charge is 0.0664 e. The number of aliphatic hydroxyl groups is 1. The van der Waals surface area contributed by atoms with Crippen molar-refractivity contribution in [2.24, 2.45) is 0 Å². The second-order valence-corrected chi connectivity index (χ2v) is 5.09. The highest BCUT2D eigenvalue weighted by atomic mass is 16.3. The second kappa shape index (κ2) is 6.18. The first-order chi connectivity index (χ1) is 8.29. The van der Waals surface area contributed by atoms with Crippen LogP contribution >= 0.6 is 0 Å². The quantitative estimate of drug-likeness (QED) is 0.759. The Morgan fingerprint density at radius 1 is 1.41 bits per heavy atom. The number of hydrogen-bond acceptors (Lipinski definition) is 2. The van der Waals surface area contributed by atoms with Crippen LogP contribution in [0.1, 0.15) is 49.7 Å². The van der Waals surface area contributed by atoms with Crippen LogP contribution in [0.5, 0.6) is 0 Å². The molecule has 2 N–H and O–H groups in total. The maximum atomic E-state index is 9.62. The van der Waals surface area contributed by atoms with Crippen LogP contribution in [0.3, 0.4) is 0 Å². The Morgan fingerprint density at radius 2 is 2.24 bits per heavy atom. The molecule has 1 atom stereocenters. The van der Waals surface area contributed by atoms with Gasteiger partial charge in [-0.2, -0.15) is 0 Å². The molecule has 2 nitrogen and oxygen atoms in total. The summed E-state index contributed by atoms with van der Waals surface area (Å²) in [5.41, 5.74) is 2.82. The fourth-order valence-electron chi connectivity index (χ4n) is 2.19. The Balaban J connectivity index is 1.76. The Kier molecular flexibility index (Phi) is 4.57. The van der Waals surface area contributed by atoms with Crippen molar-refractivity contribution in [3.05, 3.63) is 35.4 Å². The van der Waals surface area contributed by atoms with Gasteiger partial charge in [-0.3, -0.25) is 0 Å². The van der Waals surface area contributed by atoms with Gasteiger partial charge in [0.15, 0.2) is 0 Å². The molecule has 1 aliphatic carbocycles. The normalized spacial score (nSPS) is 17.1. The third-order valence-corrected chi connectivity index (χ3v) is 3.33. The van der Waals surface area contributed by atoms with Crippen molar-refractivity contribution in [2.45, 2.75) is 51.2 Å². The number of nitrogens with one attached hydrogen (secondary N) is 1. The lowest BCUT2D eigenvalue weighted by Crippen LogP contribution is -2.26. The van der Waals surface area contributed by atoms with Gasteiger partial charge in [0, 0.05) is 13.1 Å². The lowest BCUT2D eigenvalue weighted by Gasteiger charge is -2.11. The Morgan fingerprint density at radius 3 is 2.94 bits per heavy atom. The highest BCUT2D eigenvalue weighted by molar-refractivity contribution is 5.29. The summed E-state index contributed by atoms with van der Waals surface area (Å²) < 4.78 is 0. The fraction of sp³-hybridized carbons (Fsp3) is 0.600. The third kappa shape index (κ3) is 4.14. The van der Waals surface area contributed by atoms with E-state index in [2.05, 4.69) is 36.5 Å². The summed E-state index contributed by atoms with van der Waals surface area (Å²) in [6.45, 7) is 3.66. The molecule has 1 aliphatic rings. The molecule has 2 heteroatoms. The van der Waals surface area contributed by atoms with Gasteiger partial charge >= 0.3 is 0 Å². The molecule has 1 aromatic carbocycles. The van der Waals surface area contributed by atoms with Gasteiger partial charge in [-0.1, -0.05) is 37.6 Å². The van der Waals surface area contributed by atoms with Gasteiger partial charge < -0.3 is 10.4 Å². The highest BCUT2D eigenvalue weighted by Crippen LogP contribution is 2.40. The van der Waals surface area contributed by atoms with E-state index >= 15 is 0 Å². The van der Waals surface area contributed by atoms with Crippen molar-refractivity contribution in [3.63, 3.8) is 0 Å². The van der Waals surface area contributed by atoms with Crippen LogP contribution in [-0.2, 0) is 6.54 Å². The van der Waals surface area contributed by atoms with Crippen molar-refractivity contribution in [2.75, 3.05) is 6.54 Å². The average molecular weight is 233 g/mol. The summed E-state index contributed by atoms with van der Waals surface area (Å²) in [5, 5.41) is 12.9. The second-order valence-electron chi connectivity index (χ2n) is 5.09. The number of hydrogen-bond donors (Lipinski definition) is 2. The molecule has 0 heterocycles. The Hall–Kier alpha value is -0.860. The molecule has 0 amide bonds. The molecular weight excluding hydrogens is 210 g/mol. The molecule has 0 aliphatic heterocycles. The lowest BCUT2D eigenvalue weighted by atomic mass is 10.1. The topological polar surface area (TPSA) is 32.3 Å². The van der Waals surface area contributed by atoms with E-state index in [1.54, 1.807) is 0 Å². The number of rotatable bonds is 7. The van der Waals surface area contributed by atoms with Crippen molar-refractivity contribution in [1.29, 1.82) is 0 Å². The Labute approximate surface area is 104 Å². The minimum absolute atomic E-state index is 0.202. The molecule has 1 aromatic rings. The average Bonchev–Trinajstić information content (AvgIpc) is 3.14. The predicted octanol–water partition coefficient (Wildman–Crippen LogP) is 2.81. The van der Waals surface area contributed by atoms with E-state index in [4.69, 9.17) is 0 Å². The van der Waals surface area contributed by atoms with Crippen molar-refractivity contribution < 1.29 is 5.11 Å². The summed E-state index contributed by atoms with van der Waals surface area (Å²) in [6.07, 6.45) is 4.43. The van der Waals surface area contributed by atoms with E-state index in [-0.39, 0.29) is 6.10 Å². The molecule has 17 heavy (non-hydrogen) atoms. The first-order valence-corrected chi connectivity index (χ1v) is 6.77. The molecule has 0 radical (unpaired) electrons. The lowest BCUT2D eigenvalue weighted by molar-refractivity contribution is 0.160. The predicted molar refractivity (Wildman–Crippen MR) is 71.0 cm³/mol. The van der Waals surface area contributed by atoms with Gasteiger partial charge in [-0.05, 0) is 36.3 Å². The zero-order valence-corrected chi connectivity index (χ0v) is 10.7. The largest absolute Gasteiger partial charge is 0.392 e. The van der Waals surface area contributed by atoms with Gasteiger partial charge in [0.25, 0.3) is 0 Å². The van der Waals surface area contributed by atoms with E-state index in [1.807, 2.05) is 0 Å². The van der Waals surface area contributed by atoms with E-state index in [0.29, 0.717) is 6.54 Å². The molecule has 0 saturated heterocycles. The van der Waals surface area contributed by atoms with Crippen LogP contribution in [0.25, 0.3) is 0 Å². The zero-order valence-electron chi connectivity index (χ0n) is 10.7. The van der Waals surface area contributed by atoms with Crippen LogP contribution in [0.15, 0.2) is 24.3 Å². The third-order valence-electron chi connectivity index (χ3n) is 3.33. The van der Waals surface area contributed by atoms with Gasteiger partial charge in [0.2, 0.25) is 0 Å². The standard InChI is InChI=1S/C15H23NO/c1-2-4-15(17)11-16-10-12-5-3-6-14(9-12)13-7-8-13/h3,5-6,9,13,15-17H,2,4,7-8,10-11H2,1H3. The van der Waals surface area contributed by atoms with Crippen LogP contribution in [0.4, 0.5) is 0 Å². The maximum absolute atomic E-state index is 9.62. The van der Waals surface area contributed by atoms with E-state index in [0.717, 1.165) is 25.3 Å². The van der Waals surface area contributed by atoms with E-state index in [9.17, 15) is 5.11 Å². The summed E-state index contributed by atoms with van der Waals surface area (Å²) in [5.74, 6) is 0.820.